The summed E-state index contributed by atoms with van der Waals surface area (Å²) in [6, 6.07) is 7.36. The highest BCUT2D eigenvalue weighted by Crippen LogP contribution is 2.43. The molecule has 2 aromatic rings. The molecule has 1 aliphatic rings. The maximum atomic E-state index is 13.2. The third kappa shape index (κ3) is 5.27. The van der Waals surface area contributed by atoms with Gasteiger partial charge in [0.15, 0.2) is 0 Å². The van der Waals surface area contributed by atoms with E-state index in [0.29, 0.717) is 44.2 Å². The normalized spacial score (nSPS) is 20.3. The summed E-state index contributed by atoms with van der Waals surface area (Å²) in [6.45, 7) is 14.7. The van der Waals surface area contributed by atoms with E-state index >= 15 is 0 Å². The first-order chi connectivity index (χ1) is 17.6. The molecule has 0 saturated heterocycles. The summed E-state index contributed by atoms with van der Waals surface area (Å²) in [5.74, 6) is -0.135. The molecule has 1 amide bonds. The maximum Gasteiger partial charge on any atom is 0.432 e. The molecule has 2 unspecified atom stereocenters. The third-order valence-corrected chi connectivity index (χ3v) is 14.0. The van der Waals surface area contributed by atoms with Crippen LogP contribution in [0.5, 0.6) is 5.75 Å². The Kier molecular flexibility index (Phi) is 8.53. The smallest absolute Gasteiger partial charge is 0.432 e. The van der Waals surface area contributed by atoms with Gasteiger partial charge in [-0.3, -0.25) is 14.8 Å². The molecule has 5 nitrogen and oxygen atoms in total. The van der Waals surface area contributed by atoms with E-state index < -0.39 is 37.6 Å². The number of carbonyl (C=O) groups is 1. The number of hydrogen-bond acceptors (Lipinski definition) is 4. The Bertz CT molecular complexity index is 1220. The monoisotopic (exact) mass is 565 g/mol. The molecule has 0 fully saturated rings. The van der Waals surface area contributed by atoms with Crippen molar-refractivity contribution >= 4 is 31.5 Å². The van der Waals surface area contributed by atoms with Crippen LogP contribution in [0.2, 0.25) is 21.6 Å². The minimum atomic E-state index is -4.63. The van der Waals surface area contributed by atoms with Crippen LogP contribution in [-0.4, -0.2) is 37.1 Å². The van der Waals surface area contributed by atoms with Gasteiger partial charge in [-0.05, 0) is 59.5 Å². The molecule has 0 bridgehead atoms. The number of carbonyl (C=O) groups excluding carboxylic acids is 1. The van der Waals surface area contributed by atoms with Crippen molar-refractivity contribution in [2.24, 2.45) is 10.7 Å². The fraction of sp³-hybridized carbons (Fsp3) is 0.464. The molecule has 1 aromatic carbocycles. The molecule has 2 atom stereocenters. The first kappa shape index (κ1) is 29.9. The molecule has 1 aromatic heterocycles. The fourth-order valence-electron chi connectivity index (χ4n) is 5.78. The van der Waals surface area contributed by atoms with Crippen molar-refractivity contribution < 1.29 is 22.4 Å². The van der Waals surface area contributed by atoms with E-state index in [2.05, 4.69) is 51.5 Å². The van der Waals surface area contributed by atoms with Crippen LogP contribution in [0.3, 0.4) is 0 Å². The zero-order chi connectivity index (χ0) is 28.6. The lowest BCUT2D eigenvalue weighted by Crippen LogP contribution is -2.50. The standard InChI is InChI=1S/C28H35ClF3N3O2Si/c1-16(2)38(17(3)4,18(5)6)37-21-9-11-24(34-15-21)22-14-20(8-10-23(22)29)27(26(33)36)13-12-25(28(30,31)32)35-19(27)7/h8-19H,1-7H3,(H2,33,36). The Morgan fingerprint density at radius 1 is 1.08 bits per heavy atom. The van der Waals surface area contributed by atoms with E-state index in [1.165, 1.54) is 13.0 Å². The number of rotatable bonds is 8. The van der Waals surface area contributed by atoms with Crippen molar-refractivity contribution in [1.29, 1.82) is 0 Å². The van der Waals surface area contributed by atoms with Gasteiger partial charge in [0.2, 0.25) is 5.91 Å². The van der Waals surface area contributed by atoms with E-state index in [1.54, 1.807) is 30.5 Å². The van der Waals surface area contributed by atoms with E-state index in [9.17, 15) is 18.0 Å². The summed E-state index contributed by atoms with van der Waals surface area (Å²) >= 11 is 6.51. The molecule has 206 valence electrons. The van der Waals surface area contributed by atoms with E-state index in [0.717, 1.165) is 6.08 Å². The summed E-state index contributed by atoms with van der Waals surface area (Å²) in [5.41, 5.74) is 5.73. The number of halogens is 4. The van der Waals surface area contributed by atoms with Gasteiger partial charge >= 0.3 is 6.18 Å². The number of allylic oxidation sites excluding steroid dienone is 1. The topological polar surface area (TPSA) is 77.6 Å². The number of aromatic nitrogens is 1. The van der Waals surface area contributed by atoms with Gasteiger partial charge in [-0.2, -0.15) is 13.2 Å². The SMILES string of the molecule is CC1N=C(C(F)(F)F)C=CC1(C(N)=O)c1ccc(Cl)c(-c2ccc(O[Si](C(C)C)(C(C)C)C(C)C)cn2)c1. The molecular weight excluding hydrogens is 531 g/mol. The van der Waals surface area contributed by atoms with Crippen LogP contribution >= 0.6 is 11.6 Å². The summed E-state index contributed by atoms with van der Waals surface area (Å²) in [5, 5.41) is 0.372. The van der Waals surface area contributed by atoms with Gasteiger partial charge in [0.05, 0.1) is 17.9 Å². The van der Waals surface area contributed by atoms with Gasteiger partial charge in [-0.15, -0.1) is 0 Å². The van der Waals surface area contributed by atoms with Crippen molar-refractivity contribution in [1.82, 2.24) is 4.98 Å². The third-order valence-electron chi connectivity index (χ3n) is 7.65. The van der Waals surface area contributed by atoms with Crippen LogP contribution in [-0.2, 0) is 10.2 Å². The highest BCUT2D eigenvalue weighted by atomic mass is 35.5. The van der Waals surface area contributed by atoms with Crippen LogP contribution in [0.4, 0.5) is 13.2 Å². The second kappa shape index (κ2) is 10.8. The predicted molar refractivity (Wildman–Crippen MR) is 149 cm³/mol. The Hall–Kier alpha value is -2.65. The highest BCUT2D eigenvalue weighted by Gasteiger charge is 2.48. The molecule has 0 aliphatic carbocycles. The second-order valence-corrected chi connectivity index (χ2v) is 16.5. The number of pyridine rings is 1. The average molecular weight is 566 g/mol. The van der Waals surface area contributed by atoms with Crippen LogP contribution in [0.1, 0.15) is 54.0 Å². The lowest BCUT2D eigenvalue weighted by Gasteiger charge is -2.42. The molecular formula is C28H35ClF3N3O2Si. The minimum Gasteiger partial charge on any atom is -0.542 e. The van der Waals surface area contributed by atoms with Gasteiger partial charge < -0.3 is 10.2 Å². The molecule has 0 saturated carbocycles. The Morgan fingerprint density at radius 3 is 2.13 bits per heavy atom. The number of nitrogens with zero attached hydrogens (tertiary/aromatic N) is 2. The summed E-state index contributed by atoms with van der Waals surface area (Å²) in [7, 11) is -2.17. The predicted octanol–water partition coefficient (Wildman–Crippen LogP) is 7.64. The van der Waals surface area contributed by atoms with Crippen LogP contribution in [0.25, 0.3) is 11.3 Å². The molecule has 2 heterocycles. The first-order valence-electron chi connectivity index (χ1n) is 12.7. The number of alkyl halides is 3. The molecule has 1 aliphatic heterocycles. The van der Waals surface area contributed by atoms with Crippen molar-refractivity contribution in [2.75, 3.05) is 0 Å². The van der Waals surface area contributed by atoms with E-state index in [-0.39, 0.29) is 0 Å². The molecule has 10 heteroatoms. The van der Waals surface area contributed by atoms with Gasteiger partial charge in [0.1, 0.15) is 16.9 Å². The van der Waals surface area contributed by atoms with Gasteiger partial charge in [-0.1, -0.05) is 65.3 Å². The van der Waals surface area contributed by atoms with Gasteiger partial charge in [0, 0.05) is 10.6 Å². The molecule has 3 rings (SSSR count). The van der Waals surface area contributed by atoms with Crippen LogP contribution in [0.15, 0.2) is 53.7 Å². The number of nitrogens with two attached hydrogens (primary N) is 1. The summed E-state index contributed by atoms with van der Waals surface area (Å²) < 4.78 is 46.4. The Morgan fingerprint density at radius 2 is 1.68 bits per heavy atom. The number of benzene rings is 1. The first-order valence-corrected chi connectivity index (χ1v) is 15.2. The number of dihydropyridines is 1. The molecule has 38 heavy (non-hydrogen) atoms. The Labute approximate surface area is 228 Å². The minimum absolute atomic E-state index is 0.372. The van der Waals surface area contributed by atoms with E-state index in [1.807, 2.05) is 6.07 Å². The maximum absolute atomic E-state index is 13.2. The average Bonchev–Trinajstić information content (AvgIpc) is 2.82. The van der Waals surface area contributed by atoms with Crippen LogP contribution < -0.4 is 10.2 Å². The van der Waals surface area contributed by atoms with E-state index in [4.69, 9.17) is 21.8 Å². The molecule has 0 radical (unpaired) electrons. The van der Waals surface area contributed by atoms with Crippen molar-refractivity contribution in [3.05, 3.63) is 59.3 Å². The molecule has 0 spiro atoms. The number of hydrogen-bond donors (Lipinski definition) is 1. The highest BCUT2D eigenvalue weighted by molar-refractivity contribution is 6.78. The second-order valence-electron chi connectivity index (χ2n) is 10.7. The van der Waals surface area contributed by atoms with Gasteiger partial charge in [0.25, 0.3) is 8.32 Å². The summed E-state index contributed by atoms with van der Waals surface area (Å²) in [6.07, 6.45) is -0.979. The number of primary amides is 1. The summed E-state index contributed by atoms with van der Waals surface area (Å²) in [4.78, 5) is 21.0. The number of amides is 1. The van der Waals surface area contributed by atoms with Gasteiger partial charge in [-0.25, -0.2) is 0 Å². The lowest BCUT2D eigenvalue weighted by molar-refractivity contribution is -0.122. The zero-order valence-corrected chi connectivity index (χ0v) is 24.5. The zero-order valence-electron chi connectivity index (χ0n) is 22.7. The van der Waals surface area contributed by atoms with Crippen LogP contribution in [0, 0.1) is 0 Å². The van der Waals surface area contributed by atoms with Crippen molar-refractivity contribution in [3.63, 3.8) is 0 Å². The molecule has 2 N–H and O–H groups in total. The lowest BCUT2D eigenvalue weighted by atomic mass is 9.72. The number of aliphatic imine (C=N–C) groups is 1. The quantitative estimate of drug-likeness (QED) is 0.334. The van der Waals surface area contributed by atoms with Crippen molar-refractivity contribution in [3.8, 4) is 17.0 Å². The van der Waals surface area contributed by atoms with Crippen molar-refractivity contribution in [2.45, 2.75) is 82.7 Å². The Balaban J connectivity index is 2.02. The largest absolute Gasteiger partial charge is 0.542 e. The fourth-order valence-corrected chi connectivity index (χ4v) is 11.2.